The summed E-state index contributed by atoms with van der Waals surface area (Å²) in [6.07, 6.45) is 2.59. The highest BCUT2D eigenvalue weighted by Gasteiger charge is 2.65. The zero-order valence-corrected chi connectivity index (χ0v) is 20.6. The first-order valence-corrected chi connectivity index (χ1v) is 13.3. The summed E-state index contributed by atoms with van der Waals surface area (Å²) in [5.41, 5.74) is 2.33. The fourth-order valence-corrected chi connectivity index (χ4v) is 8.69. The number of hydrogen-bond donors (Lipinski definition) is 1. The van der Waals surface area contributed by atoms with Crippen molar-refractivity contribution in [2.75, 3.05) is 13.1 Å². The van der Waals surface area contributed by atoms with Crippen LogP contribution >= 0.6 is 31.9 Å². The van der Waals surface area contributed by atoms with Gasteiger partial charge in [0.2, 0.25) is 10.0 Å². The second kappa shape index (κ2) is 7.01. The topological polar surface area (TPSA) is 57.6 Å². The van der Waals surface area contributed by atoms with Gasteiger partial charge in [0, 0.05) is 22.4 Å². The number of fused-ring (bicyclic) bond motifs is 1. The van der Waals surface area contributed by atoms with Crippen LogP contribution in [0, 0.1) is 6.92 Å². The predicted octanol–water partition coefficient (Wildman–Crippen LogP) is 4.74. The summed E-state index contributed by atoms with van der Waals surface area (Å²) in [6.45, 7) is 2.27. The van der Waals surface area contributed by atoms with Crippen molar-refractivity contribution in [1.82, 2.24) is 4.31 Å². The van der Waals surface area contributed by atoms with Gasteiger partial charge in [-0.25, -0.2) is 8.42 Å². The molecule has 0 aromatic heterocycles. The van der Waals surface area contributed by atoms with E-state index in [9.17, 15) is 13.5 Å². The number of aliphatic hydroxyl groups is 1. The largest absolute Gasteiger partial charge is 0.386 e. The third-order valence-electron chi connectivity index (χ3n) is 7.08. The van der Waals surface area contributed by atoms with Crippen molar-refractivity contribution in [2.45, 2.75) is 46.9 Å². The first-order valence-electron chi connectivity index (χ1n) is 10.1. The number of sulfonamides is 1. The fraction of sp³-hybridized carbons (Fsp3) is 0.391. The van der Waals surface area contributed by atoms with Crippen LogP contribution in [0.5, 0.6) is 0 Å². The number of aryl methyl sites for hydroxylation is 1. The molecular weight excluding hydrogens is 530 g/mol. The van der Waals surface area contributed by atoms with E-state index in [-0.39, 0.29) is 22.8 Å². The standard InChI is InChI=1S/C23H23Br2NO3S/c1-15-8-10-16(11-9-15)30(28,29)26-13-19-21(25)17-5-2-3-6-18(17)22(19)12-4-7-20(24)23(22,27)14-26/h2-3,5-6,8-11,20,27H,4,7,12-14H2,1H3/t20-,22+,23+/m1/s1. The van der Waals surface area contributed by atoms with Gasteiger partial charge in [0.15, 0.2) is 0 Å². The smallest absolute Gasteiger partial charge is 0.243 e. The molecule has 1 saturated carbocycles. The number of halogens is 2. The third kappa shape index (κ3) is 2.65. The van der Waals surface area contributed by atoms with E-state index in [0.29, 0.717) is 0 Å². The molecule has 1 spiro atoms. The molecule has 3 atom stereocenters. The molecule has 30 heavy (non-hydrogen) atoms. The lowest BCUT2D eigenvalue weighted by Gasteiger charge is -2.58. The van der Waals surface area contributed by atoms with Crippen LogP contribution in [0.2, 0.25) is 0 Å². The molecule has 158 valence electrons. The van der Waals surface area contributed by atoms with Crippen LogP contribution in [-0.4, -0.2) is 41.3 Å². The van der Waals surface area contributed by atoms with Crippen molar-refractivity contribution >= 4 is 46.4 Å². The van der Waals surface area contributed by atoms with Crippen LogP contribution in [0.15, 0.2) is 59.0 Å². The Hall–Kier alpha value is -0.990. The summed E-state index contributed by atoms with van der Waals surface area (Å²) in [4.78, 5) is 0.0644. The minimum absolute atomic E-state index is 0.0667. The van der Waals surface area contributed by atoms with Crippen LogP contribution in [0.1, 0.15) is 36.0 Å². The second-order valence-electron chi connectivity index (χ2n) is 8.61. The molecule has 0 amide bonds. The Morgan fingerprint density at radius 3 is 2.57 bits per heavy atom. The molecule has 1 N–H and O–H groups in total. The molecule has 3 aliphatic rings. The number of nitrogens with zero attached hydrogens (tertiary/aromatic N) is 1. The first-order chi connectivity index (χ1) is 14.2. The molecule has 2 aromatic carbocycles. The highest BCUT2D eigenvalue weighted by atomic mass is 79.9. The van der Waals surface area contributed by atoms with Crippen molar-refractivity contribution in [1.29, 1.82) is 0 Å². The summed E-state index contributed by atoms with van der Waals surface area (Å²) in [7, 11) is -3.75. The molecule has 1 saturated heterocycles. The SMILES string of the molecule is Cc1ccc(S(=O)(=O)N2CC3=C(Br)c4ccccc4[C@@]34CCC[C@@H](Br)[C@@]4(O)C2)cc1. The van der Waals surface area contributed by atoms with Crippen LogP contribution in [0.25, 0.3) is 4.48 Å². The van der Waals surface area contributed by atoms with E-state index in [1.807, 2.05) is 31.2 Å². The maximum Gasteiger partial charge on any atom is 0.243 e. The van der Waals surface area contributed by atoms with Gasteiger partial charge in [0.25, 0.3) is 0 Å². The Labute approximate surface area is 194 Å². The molecule has 2 aliphatic carbocycles. The average Bonchev–Trinajstić information content (AvgIpc) is 2.97. The van der Waals surface area contributed by atoms with Crippen molar-refractivity contribution in [2.24, 2.45) is 0 Å². The van der Waals surface area contributed by atoms with Crippen LogP contribution < -0.4 is 0 Å². The molecule has 4 nitrogen and oxygen atoms in total. The summed E-state index contributed by atoms with van der Waals surface area (Å²) in [5, 5.41) is 12.2. The van der Waals surface area contributed by atoms with E-state index in [0.717, 1.165) is 46.0 Å². The van der Waals surface area contributed by atoms with E-state index in [1.54, 1.807) is 12.1 Å². The molecule has 5 rings (SSSR count). The molecule has 1 heterocycles. The van der Waals surface area contributed by atoms with Crippen molar-refractivity contribution in [3.63, 3.8) is 0 Å². The zero-order chi connectivity index (χ0) is 21.3. The third-order valence-corrected chi connectivity index (χ3v) is 11.0. The molecule has 0 radical (unpaired) electrons. The molecule has 0 bridgehead atoms. The maximum atomic E-state index is 13.5. The second-order valence-corrected chi connectivity index (χ2v) is 12.4. The average molecular weight is 553 g/mol. The maximum absolute atomic E-state index is 13.5. The van der Waals surface area contributed by atoms with E-state index in [1.165, 1.54) is 4.31 Å². The Bertz CT molecular complexity index is 1160. The Morgan fingerprint density at radius 2 is 1.83 bits per heavy atom. The van der Waals surface area contributed by atoms with Gasteiger partial charge >= 0.3 is 0 Å². The van der Waals surface area contributed by atoms with Gasteiger partial charge in [-0.15, -0.1) is 0 Å². The highest BCUT2D eigenvalue weighted by Crippen LogP contribution is 2.62. The molecule has 0 unspecified atom stereocenters. The van der Waals surface area contributed by atoms with Crippen molar-refractivity contribution in [3.05, 3.63) is 70.8 Å². The van der Waals surface area contributed by atoms with E-state index in [4.69, 9.17) is 0 Å². The van der Waals surface area contributed by atoms with Crippen LogP contribution in [0.3, 0.4) is 0 Å². The number of benzene rings is 2. The lowest BCUT2D eigenvalue weighted by atomic mass is 9.56. The Balaban J connectivity index is 1.69. The first kappa shape index (κ1) is 20.9. The van der Waals surface area contributed by atoms with Gasteiger partial charge < -0.3 is 5.11 Å². The number of rotatable bonds is 2. The number of β-amino-alcohol motifs (C(OH)–C–C–N with tert-alkyl or cyclic N) is 1. The summed E-state index contributed by atoms with van der Waals surface area (Å²) >= 11 is 7.51. The van der Waals surface area contributed by atoms with Gasteiger partial charge in [-0.1, -0.05) is 80.2 Å². The number of piperidine rings is 1. The molecular formula is C23H23Br2NO3S. The fourth-order valence-electron chi connectivity index (χ4n) is 5.58. The van der Waals surface area contributed by atoms with Gasteiger partial charge in [-0.05, 0) is 48.6 Å². The predicted molar refractivity (Wildman–Crippen MR) is 125 cm³/mol. The minimum Gasteiger partial charge on any atom is -0.386 e. The normalized spacial score (nSPS) is 31.3. The van der Waals surface area contributed by atoms with E-state index < -0.39 is 21.0 Å². The summed E-state index contributed by atoms with van der Waals surface area (Å²) < 4.78 is 29.5. The Kier molecular flexibility index (Phi) is 4.88. The van der Waals surface area contributed by atoms with E-state index in [2.05, 4.69) is 44.0 Å². The molecule has 2 aromatic rings. The van der Waals surface area contributed by atoms with Crippen LogP contribution in [0.4, 0.5) is 0 Å². The minimum atomic E-state index is -3.75. The molecule has 1 aliphatic heterocycles. The van der Waals surface area contributed by atoms with Crippen molar-refractivity contribution in [3.8, 4) is 0 Å². The lowest BCUT2D eigenvalue weighted by molar-refractivity contribution is -0.0717. The van der Waals surface area contributed by atoms with E-state index >= 15 is 0 Å². The van der Waals surface area contributed by atoms with Gasteiger partial charge in [0.1, 0.15) is 5.60 Å². The van der Waals surface area contributed by atoms with Gasteiger partial charge in [-0.2, -0.15) is 4.31 Å². The molecule has 2 fully saturated rings. The summed E-state index contributed by atoms with van der Waals surface area (Å²) in [6, 6.07) is 15.0. The number of alkyl halides is 1. The monoisotopic (exact) mass is 551 g/mol. The summed E-state index contributed by atoms with van der Waals surface area (Å²) in [5.74, 6) is 0. The van der Waals surface area contributed by atoms with Gasteiger partial charge in [-0.3, -0.25) is 0 Å². The lowest BCUT2D eigenvalue weighted by Crippen LogP contribution is -2.69. The Morgan fingerprint density at radius 1 is 1.13 bits per heavy atom. The van der Waals surface area contributed by atoms with Gasteiger partial charge in [0.05, 0.1) is 10.3 Å². The molecule has 7 heteroatoms. The quantitative estimate of drug-likeness (QED) is 0.548. The van der Waals surface area contributed by atoms with Crippen LogP contribution in [-0.2, 0) is 15.4 Å². The van der Waals surface area contributed by atoms with Crippen molar-refractivity contribution < 1.29 is 13.5 Å². The number of hydrogen-bond acceptors (Lipinski definition) is 3. The zero-order valence-electron chi connectivity index (χ0n) is 16.6. The highest BCUT2D eigenvalue weighted by molar-refractivity contribution is 9.15.